The first-order valence-electron chi connectivity index (χ1n) is 11.2. The van der Waals surface area contributed by atoms with Crippen molar-refractivity contribution in [2.75, 3.05) is 11.9 Å². The third-order valence-electron chi connectivity index (χ3n) is 5.09. The van der Waals surface area contributed by atoms with Gasteiger partial charge in [0.25, 0.3) is 0 Å². The van der Waals surface area contributed by atoms with Crippen LogP contribution in [0.25, 0.3) is 0 Å². The minimum absolute atomic E-state index is 0.0223. The molecule has 0 aliphatic rings. The molecule has 0 saturated carbocycles. The molecule has 1 aromatic rings. The quantitative estimate of drug-likeness (QED) is 0.209. The van der Waals surface area contributed by atoms with Crippen molar-refractivity contribution >= 4 is 17.6 Å². The number of hydrogen-bond donors (Lipinski definition) is 2. The van der Waals surface area contributed by atoms with Crippen molar-refractivity contribution in [2.45, 2.75) is 91.4 Å². The Balaban J connectivity index is 2.10. The fourth-order valence-electron chi connectivity index (χ4n) is 3.13. The lowest BCUT2D eigenvalue weighted by Gasteiger charge is -2.14. The van der Waals surface area contributed by atoms with Crippen LogP contribution < -0.4 is 5.32 Å². The number of rotatable bonds is 15. The van der Waals surface area contributed by atoms with Crippen molar-refractivity contribution in [3.8, 4) is 5.75 Å². The smallest absolute Gasteiger partial charge is 0.305 e. The summed E-state index contributed by atoms with van der Waals surface area (Å²) in [5, 5.41) is 12.5. The van der Waals surface area contributed by atoms with Crippen molar-refractivity contribution in [1.82, 2.24) is 0 Å². The highest BCUT2D eigenvalue weighted by Crippen LogP contribution is 2.24. The van der Waals surface area contributed by atoms with Crippen molar-refractivity contribution in [3.05, 3.63) is 23.8 Å². The van der Waals surface area contributed by atoms with E-state index < -0.39 is 5.92 Å². The number of nitrogens with one attached hydrogen (secondary N) is 1. The van der Waals surface area contributed by atoms with Gasteiger partial charge in [-0.2, -0.15) is 0 Å². The van der Waals surface area contributed by atoms with Crippen LogP contribution in [0.2, 0.25) is 0 Å². The lowest BCUT2D eigenvalue weighted by Crippen LogP contribution is -2.25. The van der Waals surface area contributed by atoms with Gasteiger partial charge in [-0.15, -0.1) is 0 Å². The first-order valence-corrected chi connectivity index (χ1v) is 11.2. The van der Waals surface area contributed by atoms with Gasteiger partial charge >= 0.3 is 5.97 Å². The van der Waals surface area contributed by atoms with E-state index in [2.05, 4.69) is 12.2 Å². The molecule has 0 saturated heterocycles. The van der Waals surface area contributed by atoms with Crippen molar-refractivity contribution < 1.29 is 19.4 Å². The molecule has 0 fully saturated rings. The zero-order valence-electron chi connectivity index (χ0n) is 18.5. The molecule has 0 bridgehead atoms. The number of anilines is 1. The number of carbonyl (C=O) groups excluding carboxylic acids is 2. The second kappa shape index (κ2) is 14.9. The van der Waals surface area contributed by atoms with E-state index in [1.165, 1.54) is 51.4 Å². The van der Waals surface area contributed by atoms with Crippen LogP contribution in [0.5, 0.6) is 5.75 Å². The fraction of sp³-hybridized carbons (Fsp3) is 0.667. The molecule has 0 radical (unpaired) electrons. The number of aryl methyl sites for hydroxylation is 1. The summed E-state index contributed by atoms with van der Waals surface area (Å²) in [6.07, 6.45) is 12.6. The lowest BCUT2D eigenvalue weighted by molar-refractivity contribution is -0.145. The first-order chi connectivity index (χ1) is 13.9. The Labute approximate surface area is 176 Å². The first kappa shape index (κ1) is 25.0. The molecule has 29 heavy (non-hydrogen) atoms. The van der Waals surface area contributed by atoms with E-state index in [9.17, 15) is 14.7 Å². The molecule has 5 heteroatoms. The number of esters is 1. The summed E-state index contributed by atoms with van der Waals surface area (Å²) in [6.45, 7) is 5.87. The van der Waals surface area contributed by atoms with Crippen LogP contribution in [0.15, 0.2) is 18.2 Å². The summed E-state index contributed by atoms with van der Waals surface area (Å²) in [6, 6.07) is 5.02. The molecular formula is C24H39NO4. The number of unbranched alkanes of at least 4 members (excludes halogenated alkanes) is 9. The second-order valence-electron chi connectivity index (χ2n) is 8.03. The molecule has 5 nitrogen and oxygen atoms in total. The highest BCUT2D eigenvalue weighted by Gasteiger charge is 2.17. The number of amides is 1. The fourth-order valence-corrected chi connectivity index (χ4v) is 3.13. The average molecular weight is 406 g/mol. The van der Waals surface area contributed by atoms with Gasteiger partial charge in [-0.25, -0.2) is 0 Å². The van der Waals surface area contributed by atoms with E-state index in [-0.39, 0.29) is 24.2 Å². The summed E-state index contributed by atoms with van der Waals surface area (Å²) >= 11 is 0. The average Bonchev–Trinajstić information content (AvgIpc) is 2.70. The predicted molar refractivity (Wildman–Crippen MR) is 118 cm³/mol. The van der Waals surface area contributed by atoms with Gasteiger partial charge in [0.05, 0.1) is 11.6 Å². The Kier molecular flexibility index (Phi) is 12.8. The van der Waals surface area contributed by atoms with Gasteiger partial charge < -0.3 is 15.2 Å². The van der Waals surface area contributed by atoms with E-state index >= 15 is 0 Å². The minimum atomic E-state index is -0.480. The Morgan fingerprint density at radius 3 is 2.21 bits per heavy atom. The van der Waals surface area contributed by atoms with E-state index in [0.29, 0.717) is 12.1 Å². The van der Waals surface area contributed by atoms with Gasteiger partial charge in [0, 0.05) is 6.42 Å². The van der Waals surface area contributed by atoms with Crippen LogP contribution in [0, 0.1) is 12.8 Å². The molecule has 1 rings (SSSR count). The van der Waals surface area contributed by atoms with Gasteiger partial charge in [0.1, 0.15) is 12.4 Å². The van der Waals surface area contributed by atoms with Gasteiger partial charge in [0.2, 0.25) is 5.91 Å². The Morgan fingerprint density at radius 1 is 1.00 bits per heavy atom. The van der Waals surface area contributed by atoms with Gasteiger partial charge in [-0.05, 0) is 31.0 Å². The van der Waals surface area contributed by atoms with Crippen molar-refractivity contribution in [1.29, 1.82) is 0 Å². The summed E-state index contributed by atoms with van der Waals surface area (Å²) in [5.41, 5.74) is 1.31. The summed E-state index contributed by atoms with van der Waals surface area (Å²) in [5.74, 6) is -0.985. The SMILES string of the molecule is CCCCCCCCCCCCC(=O)OCC(C)C(=O)Nc1cc(C)ccc1O. The number of phenols is 1. The molecule has 0 aliphatic carbocycles. The van der Waals surface area contributed by atoms with Crippen molar-refractivity contribution in [2.24, 2.45) is 5.92 Å². The molecule has 0 aliphatic heterocycles. The molecule has 0 spiro atoms. The molecule has 0 aromatic heterocycles. The molecule has 1 amide bonds. The maximum atomic E-state index is 12.2. The standard InChI is InChI=1S/C24H39NO4/c1-4-5-6-7-8-9-10-11-12-13-14-23(27)29-18-20(3)24(28)25-21-17-19(2)15-16-22(21)26/h15-17,20,26H,4-14,18H2,1-3H3,(H,25,28). The zero-order valence-corrected chi connectivity index (χ0v) is 18.5. The summed E-state index contributed by atoms with van der Waals surface area (Å²) < 4.78 is 5.24. The zero-order chi connectivity index (χ0) is 21.5. The highest BCUT2D eigenvalue weighted by molar-refractivity contribution is 5.94. The highest BCUT2D eigenvalue weighted by atomic mass is 16.5. The number of benzene rings is 1. The second-order valence-corrected chi connectivity index (χ2v) is 8.03. The lowest BCUT2D eigenvalue weighted by atomic mass is 10.1. The molecule has 0 heterocycles. The van der Waals surface area contributed by atoms with E-state index in [0.717, 1.165) is 18.4 Å². The number of phenolic OH excluding ortho intramolecular Hbond substituents is 1. The maximum Gasteiger partial charge on any atom is 0.305 e. The van der Waals surface area contributed by atoms with Crippen molar-refractivity contribution in [3.63, 3.8) is 0 Å². The van der Waals surface area contributed by atoms with E-state index in [1.807, 2.05) is 6.92 Å². The monoisotopic (exact) mass is 405 g/mol. The Bertz CT molecular complexity index is 615. The Hall–Kier alpha value is -2.04. The Morgan fingerprint density at radius 2 is 1.59 bits per heavy atom. The van der Waals surface area contributed by atoms with Crippen LogP contribution in [-0.2, 0) is 14.3 Å². The molecule has 1 aromatic carbocycles. The van der Waals surface area contributed by atoms with Crippen LogP contribution in [-0.4, -0.2) is 23.6 Å². The third kappa shape index (κ3) is 11.5. The van der Waals surface area contributed by atoms with Crippen LogP contribution in [0.1, 0.15) is 90.0 Å². The predicted octanol–water partition coefficient (Wildman–Crippen LogP) is 6.13. The van der Waals surface area contributed by atoms with Crippen LogP contribution >= 0.6 is 0 Å². The number of hydrogen-bond acceptors (Lipinski definition) is 4. The molecule has 1 atom stereocenters. The number of aromatic hydroxyl groups is 1. The largest absolute Gasteiger partial charge is 0.506 e. The van der Waals surface area contributed by atoms with E-state index in [4.69, 9.17) is 4.74 Å². The normalized spacial score (nSPS) is 11.8. The molecular weight excluding hydrogens is 366 g/mol. The maximum absolute atomic E-state index is 12.2. The van der Waals surface area contributed by atoms with Gasteiger partial charge in [0.15, 0.2) is 0 Å². The topological polar surface area (TPSA) is 75.6 Å². The molecule has 1 unspecified atom stereocenters. The van der Waals surface area contributed by atoms with Crippen LogP contribution in [0.4, 0.5) is 5.69 Å². The number of carbonyl (C=O) groups is 2. The third-order valence-corrected chi connectivity index (χ3v) is 5.09. The summed E-state index contributed by atoms with van der Waals surface area (Å²) in [4.78, 5) is 24.1. The van der Waals surface area contributed by atoms with Gasteiger partial charge in [-0.1, -0.05) is 77.7 Å². The van der Waals surface area contributed by atoms with E-state index in [1.54, 1.807) is 25.1 Å². The number of ether oxygens (including phenoxy) is 1. The molecule has 2 N–H and O–H groups in total. The summed E-state index contributed by atoms with van der Waals surface area (Å²) in [7, 11) is 0. The van der Waals surface area contributed by atoms with Crippen LogP contribution in [0.3, 0.4) is 0 Å². The molecule has 164 valence electrons. The van der Waals surface area contributed by atoms with Gasteiger partial charge in [-0.3, -0.25) is 9.59 Å². The minimum Gasteiger partial charge on any atom is -0.506 e.